The van der Waals surface area contributed by atoms with Crippen LogP contribution in [0.2, 0.25) is 0 Å². The number of carbonyl (C=O) groups is 6. The fraction of sp³-hybridized carbons (Fsp3) is 0.489. The van der Waals surface area contributed by atoms with Gasteiger partial charge in [0.25, 0.3) is 0 Å². The lowest BCUT2D eigenvalue weighted by atomic mass is 9.85. The van der Waals surface area contributed by atoms with E-state index in [0.717, 1.165) is 26.8 Å². The Labute approximate surface area is 369 Å². The molecule has 16 nitrogen and oxygen atoms in total. The summed E-state index contributed by atoms with van der Waals surface area (Å²) < 4.78 is 16.1. The van der Waals surface area contributed by atoms with Crippen LogP contribution < -0.4 is 15.4 Å². The third-order valence-corrected chi connectivity index (χ3v) is 10.8. The number of Topliss-reactive ketones (excluding diaryl/α,β-unsaturated/α-hetero) is 1. The van der Waals surface area contributed by atoms with Crippen LogP contribution in [-0.2, 0) is 46.3 Å². The minimum atomic E-state index is -1.21. The molecule has 0 saturated carbocycles. The number of fused-ring (bicyclic) bond motifs is 1. The number of likely N-dealkylation sites (tertiary alicyclic amines) is 1. The number of esters is 1. The monoisotopic (exact) mass is 867 g/mol. The first kappa shape index (κ1) is 49.2. The summed E-state index contributed by atoms with van der Waals surface area (Å²) in [5, 5.41) is 11.4. The lowest BCUT2D eigenvalue weighted by Gasteiger charge is -2.37. The number of ether oxygens (including phenoxy) is 3. The highest BCUT2D eigenvalue weighted by molar-refractivity contribution is 5.97. The van der Waals surface area contributed by atoms with Crippen molar-refractivity contribution in [3.05, 3.63) is 101 Å². The quantitative estimate of drug-likeness (QED) is 0.0470. The van der Waals surface area contributed by atoms with Crippen molar-refractivity contribution < 1.29 is 43.0 Å². The maximum atomic E-state index is 14.6. The highest BCUT2D eigenvalue weighted by atomic mass is 16.6. The van der Waals surface area contributed by atoms with Crippen LogP contribution in [0.25, 0.3) is 21.2 Å². The number of hydrogen-bond acceptors (Lipinski definition) is 10. The molecule has 3 aromatic rings. The van der Waals surface area contributed by atoms with Gasteiger partial charge in [0.15, 0.2) is 5.78 Å². The summed E-state index contributed by atoms with van der Waals surface area (Å²) in [6.45, 7) is 15.7. The Hall–Kier alpha value is -6.41. The molecule has 3 aromatic carbocycles. The van der Waals surface area contributed by atoms with Gasteiger partial charge in [0, 0.05) is 24.9 Å². The van der Waals surface area contributed by atoms with Crippen molar-refractivity contribution >= 4 is 46.3 Å². The van der Waals surface area contributed by atoms with Gasteiger partial charge in [-0.15, -0.1) is 0 Å². The SMILES string of the molecule is C=CCOc1ccc(C[C@H](CC(=O)[C@H](Cc2ccc3ccccc3c2)NC(=O)[C@@H]2C[C@H](N=[N+]=[N-])CN2C(=O)[C@@H](NC(=O)[C@H](C)N(C)C(=O)OC(C)(C)C)C(C)(C)C)C(=O)OC)cc1. The topological polar surface area (TPSA) is 209 Å². The number of hydrogen-bond donors (Lipinski definition) is 2. The van der Waals surface area contributed by atoms with Crippen molar-refractivity contribution in [2.45, 2.75) is 110 Å². The molecule has 1 saturated heterocycles. The number of azide groups is 1. The molecule has 2 N–H and O–H groups in total. The zero-order valence-corrected chi connectivity index (χ0v) is 37.8. The van der Waals surface area contributed by atoms with E-state index in [0.29, 0.717) is 12.4 Å². The zero-order valence-electron chi connectivity index (χ0n) is 37.8. The Morgan fingerprint density at radius 1 is 0.952 bits per heavy atom. The van der Waals surface area contributed by atoms with Crippen LogP contribution in [0.3, 0.4) is 0 Å². The molecule has 0 spiro atoms. The molecule has 0 radical (unpaired) electrons. The Balaban J connectivity index is 1.64. The second-order valence-electron chi connectivity index (χ2n) is 18.0. The molecule has 1 aliphatic rings. The van der Waals surface area contributed by atoms with Gasteiger partial charge in [0.1, 0.15) is 36.1 Å². The van der Waals surface area contributed by atoms with E-state index in [1.54, 1.807) is 71.9 Å². The average Bonchev–Trinajstić information content (AvgIpc) is 3.66. The van der Waals surface area contributed by atoms with Gasteiger partial charge < -0.3 is 29.7 Å². The van der Waals surface area contributed by atoms with Crippen molar-refractivity contribution in [2.75, 3.05) is 27.3 Å². The lowest BCUT2D eigenvalue weighted by molar-refractivity contribution is -0.147. The van der Waals surface area contributed by atoms with Gasteiger partial charge in [-0.3, -0.25) is 28.9 Å². The van der Waals surface area contributed by atoms with Gasteiger partial charge in [-0.1, -0.05) is 93.1 Å². The number of carbonyl (C=O) groups excluding carboxylic acids is 6. The first-order chi connectivity index (χ1) is 29.6. The molecule has 338 valence electrons. The molecule has 63 heavy (non-hydrogen) atoms. The summed E-state index contributed by atoms with van der Waals surface area (Å²) in [5.41, 5.74) is 9.18. The Kier molecular flexibility index (Phi) is 16.9. The maximum absolute atomic E-state index is 14.6. The molecule has 0 aromatic heterocycles. The van der Waals surface area contributed by atoms with Gasteiger partial charge in [-0.05, 0) is 91.9 Å². The maximum Gasteiger partial charge on any atom is 0.410 e. The van der Waals surface area contributed by atoms with Gasteiger partial charge in [0.2, 0.25) is 17.7 Å². The van der Waals surface area contributed by atoms with Crippen LogP contribution in [0.5, 0.6) is 5.75 Å². The van der Waals surface area contributed by atoms with E-state index < -0.39 is 82.7 Å². The third kappa shape index (κ3) is 13.8. The number of likely N-dealkylation sites (N-methyl/N-ethyl adjacent to an activating group) is 1. The van der Waals surface area contributed by atoms with Crippen molar-refractivity contribution in [3.8, 4) is 5.75 Å². The van der Waals surface area contributed by atoms with E-state index in [1.165, 1.54) is 26.0 Å². The third-order valence-electron chi connectivity index (χ3n) is 10.8. The van der Waals surface area contributed by atoms with Gasteiger partial charge >= 0.3 is 12.1 Å². The molecule has 4 amide bonds. The van der Waals surface area contributed by atoms with E-state index >= 15 is 0 Å². The highest BCUT2D eigenvalue weighted by Crippen LogP contribution is 2.29. The van der Waals surface area contributed by atoms with Crippen LogP contribution in [0, 0.1) is 11.3 Å². The molecule has 4 rings (SSSR count). The van der Waals surface area contributed by atoms with Crippen molar-refractivity contribution in [1.29, 1.82) is 0 Å². The van der Waals surface area contributed by atoms with Crippen molar-refractivity contribution in [3.63, 3.8) is 0 Å². The van der Waals surface area contributed by atoms with Crippen LogP contribution in [0.1, 0.15) is 72.4 Å². The summed E-state index contributed by atoms with van der Waals surface area (Å²) in [4.78, 5) is 88.6. The smallest absolute Gasteiger partial charge is 0.410 e. The number of methoxy groups -OCH3 is 1. The Bertz CT molecular complexity index is 2190. The second-order valence-corrected chi connectivity index (χ2v) is 18.0. The molecule has 6 atom stereocenters. The predicted octanol–water partition coefficient (Wildman–Crippen LogP) is 6.49. The van der Waals surface area contributed by atoms with E-state index in [2.05, 4.69) is 27.2 Å². The molecule has 1 fully saturated rings. The number of rotatable bonds is 18. The molecule has 1 aliphatic heterocycles. The van der Waals surface area contributed by atoms with E-state index in [4.69, 9.17) is 14.2 Å². The summed E-state index contributed by atoms with van der Waals surface area (Å²) in [6.07, 6.45) is 0.790. The summed E-state index contributed by atoms with van der Waals surface area (Å²) in [7, 11) is 2.67. The van der Waals surface area contributed by atoms with Gasteiger partial charge in [-0.25, -0.2) is 4.79 Å². The second kappa shape index (κ2) is 21.6. The number of ketones is 1. The Morgan fingerprint density at radius 2 is 1.60 bits per heavy atom. The fourth-order valence-corrected chi connectivity index (χ4v) is 7.27. The normalized spacial score (nSPS) is 16.9. The van der Waals surface area contributed by atoms with Crippen LogP contribution in [-0.4, -0.2) is 108 Å². The molecule has 1 heterocycles. The van der Waals surface area contributed by atoms with E-state index in [1.807, 2.05) is 42.5 Å². The molecule has 16 heteroatoms. The van der Waals surface area contributed by atoms with Crippen LogP contribution in [0.4, 0.5) is 4.79 Å². The lowest BCUT2D eigenvalue weighted by Crippen LogP contribution is -2.60. The Morgan fingerprint density at radius 3 is 2.21 bits per heavy atom. The molecule has 0 aliphatic carbocycles. The van der Waals surface area contributed by atoms with Crippen LogP contribution >= 0.6 is 0 Å². The fourth-order valence-electron chi connectivity index (χ4n) is 7.27. The largest absolute Gasteiger partial charge is 0.490 e. The average molecular weight is 868 g/mol. The van der Waals surface area contributed by atoms with E-state index in [-0.39, 0.29) is 32.2 Å². The summed E-state index contributed by atoms with van der Waals surface area (Å²) >= 11 is 0. The predicted molar refractivity (Wildman–Crippen MR) is 238 cm³/mol. The zero-order chi connectivity index (χ0) is 46.6. The van der Waals surface area contributed by atoms with E-state index in [9.17, 15) is 34.3 Å². The number of nitrogens with one attached hydrogen (secondary N) is 2. The number of amides is 4. The summed E-state index contributed by atoms with van der Waals surface area (Å²) in [5.74, 6) is -3.27. The van der Waals surface area contributed by atoms with Crippen LogP contribution in [0.15, 0.2) is 84.5 Å². The highest BCUT2D eigenvalue weighted by Gasteiger charge is 2.46. The van der Waals surface area contributed by atoms with Gasteiger partial charge in [0.05, 0.1) is 25.1 Å². The minimum absolute atomic E-state index is 0.0571. The van der Waals surface area contributed by atoms with Crippen molar-refractivity contribution in [2.24, 2.45) is 16.4 Å². The molecular formula is C47H61N7O9. The first-order valence-electron chi connectivity index (χ1n) is 21.0. The van der Waals surface area contributed by atoms with Gasteiger partial charge in [-0.2, -0.15) is 0 Å². The van der Waals surface area contributed by atoms with Crippen molar-refractivity contribution in [1.82, 2.24) is 20.4 Å². The molecule has 0 bridgehead atoms. The standard InChI is InChI=1S/C47H61N7O9/c1-11-22-62-36-20-17-30(18-21-36)23-34(44(59)61-10)26-39(55)37(25-31-16-19-32-14-12-13-15-33(32)24-31)49-42(57)38-27-35(51-52-48)28-54(38)43(58)40(46(3,4)5)50-41(56)29(2)53(9)45(60)63-47(6,7)8/h11-21,24,29,34-35,37-38,40H,1,22-23,25-28H2,2-10H3,(H,49,57)(H,50,56)/t29-,34+,35-,37-,38-,40+/m0/s1. The molecule has 0 unspecified atom stereocenters. The minimum Gasteiger partial charge on any atom is -0.490 e. The number of benzene rings is 3. The number of nitrogens with zero attached hydrogens (tertiary/aromatic N) is 5. The first-order valence-corrected chi connectivity index (χ1v) is 21.0. The summed E-state index contributed by atoms with van der Waals surface area (Å²) in [6, 6.07) is 15.1. The molecular weight excluding hydrogens is 807 g/mol.